The quantitative estimate of drug-likeness (QED) is 0.845. The average molecular weight is 300 g/mol. The summed E-state index contributed by atoms with van der Waals surface area (Å²) < 4.78 is 13.0. The zero-order chi connectivity index (χ0) is 15.5. The van der Waals surface area contributed by atoms with Crippen LogP contribution in [0.3, 0.4) is 0 Å². The van der Waals surface area contributed by atoms with E-state index in [-0.39, 0.29) is 17.8 Å². The minimum atomic E-state index is -0.281. The Kier molecular flexibility index (Phi) is 4.02. The third-order valence-corrected chi connectivity index (χ3v) is 3.68. The Bertz CT molecular complexity index is 692. The van der Waals surface area contributed by atoms with Crippen molar-refractivity contribution in [2.24, 2.45) is 0 Å². The van der Waals surface area contributed by atoms with Crippen LogP contribution in [0.1, 0.15) is 5.56 Å². The maximum Gasteiger partial charge on any atom is 0.243 e. The van der Waals surface area contributed by atoms with Gasteiger partial charge in [0, 0.05) is 31.3 Å². The second kappa shape index (κ2) is 6.11. The first-order chi connectivity index (χ1) is 10.6. The SMILES string of the molecule is CN(Cc1cn[nH]c1-c1ccc(F)cc1)C(=O)[C@H]1C=CCN1. The van der Waals surface area contributed by atoms with Gasteiger partial charge in [-0.3, -0.25) is 15.2 Å². The molecule has 6 heteroatoms. The first-order valence-corrected chi connectivity index (χ1v) is 7.08. The molecule has 0 spiro atoms. The second-order valence-corrected chi connectivity index (χ2v) is 5.29. The number of carbonyl (C=O) groups excluding carboxylic acids is 1. The summed E-state index contributed by atoms with van der Waals surface area (Å²) in [5.41, 5.74) is 2.53. The Balaban J connectivity index is 1.76. The summed E-state index contributed by atoms with van der Waals surface area (Å²) in [6, 6.07) is 5.93. The molecule has 0 radical (unpaired) electrons. The highest BCUT2D eigenvalue weighted by Gasteiger charge is 2.22. The van der Waals surface area contributed by atoms with Crippen LogP contribution in [0, 0.1) is 5.82 Å². The highest BCUT2D eigenvalue weighted by molar-refractivity contribution is 5.84. The van der Waals surface area contributed by atoms with E-state index >= 15 is 0 Å². The van der Waals surface area contributed by atoms with Crippen LogP contribution >= 0.6 is 0 Å². The van der Waals surface area contributed by atoms with Crippen LogP contribution in [-0.4, -0.2) is 40.6 Å². The van der Waals surface area contributed by atoms with E-state index in [1.165, 1.54) is 12.1 Å². The number of hydrogen-bond acceptors (Lipinski definition) is 3. The lowest BCUT2D eigenvalue weighted by Crippen LogP contribution is -2.41. The van der Waals surface area contributed by atoms with Crippen molar-refractivity contribution in [3.8, 4) is 11.3 Å². The zero-order valence-corrected chi connectivity index (χ0v) is 12.2. The van der Waals surface area contributed by atoms with Gasteiger partial charge < -0.3 is 4.90 Å². The number of aromatic amines is 1. The standard InChI is InChI=1S/C16H17FN4O/c1-21(16(22)14-3-2-8-18-14)10-12-9-19-20-15(12)11-4-6-13(17)7-5-11/h2-7,9,14,18H,8,10H2,1H3,(H,19,20)/t14-/m1/s1. The Morgan fingerprint density at radius 2 is 2.18 bits per heavy atom. The highest BCUT2D eigenvalue weighted by atomic mass is 19.1. The molecule has 3 rings (SSSR count). The van der Waals surface area contributed by atoms with Crippen LogP contribution in [0.25, 0.3) is 11.3 Å². The minimum absolute atomic E-state index is 0.0139. The molecule has 2 heterocycles. The van der Waals surface area contributed by atoms with Crippen LogP contribution < -0.4 is 5.32 Å². The van der Waals surface area contributed by atoms with Crippen LogP contribution in [0.5, 0.6) is 0 Å². The average Bonchev–Trinajstić information content (AvgIpc) is 3.18. The van der Waals surface area contributed by atoms with Crippen molar-refractivity contribution in [3.63, 3.8) is 0 Å². The van der Waals surface area contributed by atoms with Crippen molar-refractivity contribution < 1.29 is 9.18 Å². The van der Waals surface area contributed by atoms with Crippen LogP contribution in [0.15, 0.2) is 42.6 Å². The Hall–Kier alpha value is -2.47. The van der Waals surface area contributed by atoms with E-state index in [0.29, 0.717) is 6.54 Å². The molecule has 1 aliphatic heterocycles. The number of carbonyl (C=O) groups is 1. The lowest BCUT2D eigenvalue weighted by atomic mass is 10.1. The number of likely N-dealkylation sites (N-methyl/N-ethyl adjacent to an activating group) is 1. The molecule has 0 unspecified atom stereocenters. The van der Waals surface area contributed by atoms with E-state index in [1.54, 1.807) is 30.3 Å². The van der Waals surface area contributed by atoms with Gasteiger partial charge in [0.05, 0.1) is 11.9 Å². The number of amides is 1. The maximum atomic E-state index is 13.0. The molecular formula is C16H17FN4O. The third kappa shape index (κ3) is 2.92. The minimum Gasteiger partial charge on any atom is -0.340 e. The maximum absolute atomic E-state index is 13.0. The highest BCUT2D eigenvalue weighted by Crippen LogP contribution is 2.22. The number of aromatic nitrogens is 2. The fraction of sp³-hybridized carbons (Fsp3) is 0.250. The fourth-order valence-electron chi connectivity index (χ4n) is 2.51. The van der Waals surface area contributed by atoms with E-state index in [9.17, 15) is 9.18 Å². The molecule has 0 saturated carbocycles. The second-order valence-electron chi connectivity index (χ2n) is 5.29. The molecule has 1 aromatic carbocycles. The van der Waals surface area contributed by atoms with Crippen LogP contribution in [-0.2, 0) is 11.3 Å². The number of hydrogen-bond donors (Lipinski definition) is 2. The number of rotatable bonds is 4. The zero-order valence-electron chi connectivity index (χ0n) is 12.2. The molecule has 114 valence electrons. The Labute approximate surface area is 127 Å². The molecule has 0 fully saturated rings. The number of benzene rings is 1. The Morgan fingerprint density at radius 3 is 2.86 bits per heavy atom. The molecule has 1 aliphatic rings. The smallest absolute Gasteiger partial charge is 0.243 e. The van der Waals surface area contributed by atoms with Gasteiger partial charge in [-0.15, -0.1) is 0 Å². The van der Waals surface area contributed by atoms with Crippen molar-refractivity contribution in [1.29, 1.82) is 0 Å². The Morgan fingerprint density at radius 1 is 1.41 bits per heavy atom. The van der Waals surface area contributed by atoms with Gasteiger partial charge in [-0.05, 0) is 24.3 Å². The summed E-state index contributed by atoms with van der Waals surface area (Å²) in [5, 5.41) is 10.1. The van der Waals surface area contributed by atoms with Crippen molar-refractivity contribution in [2.45, 2.75) is 12.6 Å². The van der Waals surface area contributed by atoms with Gasteiger partial charge >= 0.3 is 0 Å². The molecular weight excluding hydrogens is 283 g/mol. The predicted octanol–water partition coefficient (Wildman–Crippen LogP) is 1.70. The van der Waals surface area contributed by atoms with Gasteiger partial charge in [-0.1, -0.05) is 12.2 Å². The largest absolute Gasteiger partial charge is 0.340 e. The summed E-state index contributed by atoms with van der Waals surface area (Å²) in [7, 11) is 1.76. The van der Waals surface area contributed by atoms with Gasteiger partial charge in [0.25, 0.3) is 0 Å². The van der Waals surface area contributed by atoms with E-state index in [1.807, 2.05) is 12.2 Å². The van der Waals surface area contributed by atoms with E-state index in [0.717, 1.165) is 23.4 Å². The van der Waals surface area contributed by atoms with Gasteiger partial charge in [0.2, 0.25) is 5.91 Å². The topological polar surface area (TPSA) is 61.0 Å². The first-order valence-electron chi connectivity index (χ1n) is 7.08. The molecule has 1 aromatic heterocycles. The van der Waals surface area contributed by atoms with Crippen molar-refractivity contribution in [2.75, 3.05) is 13.6 Å². The third-order valence-electron chi connectivity index (χ3n) is 3.68. The number of nitrogens with one attached hydrogen (secondary N) is 2. The van der Waals surface area contributed by atoms with Gasteiger partial charge in [-0.2, -0.15) is 5.10 Å². The lowest BCUT2D eigenvalue weighted by molar-refractivity contribution is -0.131. The monoisotopic (exact) mass is 300 g/mol. The number of nitrogens with zero attached hydrogens (tertiary/aromatic N) is 2. The van der Waals surface area contributed by atoms with Crippen molar-refractivity contribution in [1.82, 2.24) is 20.4 Å². The summed E-state index contributed by atoms with van der Waals surface area (Å²) in [6.07, 6.45) is 5.51. The van der Waals surface area contributed by atoms with E-state index < -0.39 is 0 Å². The van der Waals surface area contributed by atoms with Crippen LogP contribution in [0.4, 0.5) is 4.39 Å². The van der Waals surface area contributed by atoms with E-state index in [2.05, 4.69) is 15.5 Å². The molecule has 0 saturated heterocycles. The summed E-state index contributed by atoms with van der Waals surface area (Å²) in [4.78, 5) is 14.0. The van der Waals surface area contributed by atoms with Gasteiger partial charge in [0.1, 0.15) is 11.9 Å². The molecule has 5 nitrogen and oxygen atoms in total. The molecule has 0 aliphatic carbocycles. The van der Waals surface area contributed by atoms with Crippen molar-refractivity contribution in [3.05, 3.63) is 54.0 Å². The first kappa shape index (κ1) is 14.5. The summed E-state index contributed by atoms with van der Waals surface area (Å²) >= 11 is 0. The van der Waals surface area contributed by atoms with E-state index in [4.69, 9.17) is 0 Å². The normalized spacial score (nSPS) is 16.9. The van der Waals surface area contributed by atoms with Crippen LogP contribution in [0.2, 0.25) is 0 Å². The fourth-order valence-corrected chi connectivity index (χ4v) is 2.51. The van der Waals surface area contributed by atoms with Gasteiger partial charge in [0.15, 0.2) is 0 Å². The molecule has 0 bridgehead atoms. The molecule has 1 atom stereocenters. The summed E-state index contributed by atoms with van der Waals surface area (Å²) in [6.45, 7) is 1.16. The molecule has 2 N–H and O–H groups in total. The molecule has 22 heavy (non-hydrogen) atoms. The van der Waals surface area contributed by atoms with Gasteiger partial charge in [-0.25, -0.2) is 4.39 Å². The molecule has 1 amide bonds. The number of H-pyrrole nitrogens is 1. The predicted molar refractivity (Wildman–Crippen MR) is 81.4 cm³/mol. The van der Waals surface area contributed by atoms with Crippen molar-refractivity contribution >= 4 is 5.91 Å². The summed E-state index contributed by atoms with van der Waals surface area (Å²) in [5.74, 6) is -0.267. The number of halogens is 1. The molecule has 2 aromatic rings. The lowest BCUT2D eigenvalue weighted by Gasteiger charge is -2.20.